The van der Waals surface area contributed by atoms with Crippen LogP contribution in [0.4, 0.5) is 10.1 Å². The lowest BCUT2D eigenvalue weighted by molar-refractivity contribution is -0.116. The third kappa shape index (κ3) is 4.23. The van der Waals surface area contributed by atoms with Gasteiger partial charge in [-0.05, 0) is 54.4 Å². The molecule has 2 aromatic carbocycles. The molecule has 0 bridgehead atoms. The summed E-state index contributed by atoms with van der Waals surface area (Å²) in [4.78, 5) is 11.3. The van der Waals surface area contributed by atoms with Gasteiger partial charge in [-0.2, -0.15) is 0 Å². The molecule has 5 nitrogen and oxygen atoms in total. The molecule has 0 spiro atoms. The third-order valence-corrected chi connectivity index (χ3v) is 3.67. The summed E-state index contributed by atoms with van der Waals surface area (Å²) in [6.45, 7) is 0.124. The molecule has 1 aliphatic rings. The normalized spacial score (nSPS) is 14.5. The van der Waals surface area contributed by atoms with Crippen LogP contribution in [-0.4, -0.2) is 30.3 Å². The first-order valence-electron chi connectivity index (χ1n) is 7.72. The number of carbonyl (C=O) groups is 1. The van der Waals surface area contributed by atoms with Crippen molar-refractivity contribution in [3.8, 4) is 11.5 Å². The number of aliphatic hydroxyl groups is 1. The molecular weight excluding hydrogens is 313 g/mol. The second-order valence-electron chi connectivity index (χ2n) is 5.60. The summed E-state index contributed by atoms with van der Waals surface area (Å²) in [6.07, 6.45) is 0.324. The summed E-state index contributed by atoms with van der Waals surface area (Å²) in [5.41, 5.74) is 1.82. The van der Waals surface area contributed by atoms with Crippen molar-refractivity contribution in [3.63, 3.8) is 0 Å². The van der Waals surface area contributed by atoms with Crippen LogP contribution < -0.4 is 14.8 Å². The highest BCUT2D eigenvalue weighted by Gasteiger charge is 2.15. The maximum Gasteiger partial charge on any atom is 0.224 e. The fourth-order valence-corrected chi connectivity index (χ4v) is 2.41. The fraction of sp³-hybridized carbons (Fsp3) is 0.278. The van der Waals surface area contributed by atoms with Gasteiger partial charge in [0.05, 0.1) is 0 Å². The van der Waals surface area contributed by atoms with Crippen LogP contribution >= 0.6 is 0 Å². The van der Waals surface area contributed by atoms with Crippen LogP contribution in [0.3, 0.4) is 0 Å². The number of ether oxygens (including phenoxy) is 2. The SMILES string of the molecule is O=C1CCc2cc(OC[C@H](O)COc3ccc(F)cc3)ccc2N1. The Morgan fingerprint density at radius 2 is 1.71 bits per heavy atom. The number of carbonyl (C=O) groups excluding carboxylic acids is 1. The number of hydrogen-bond donors (Lipinski definition) is 2. The van der Waals surface area contributed by atoms with E-state index >= 15 is 0 Å². The van der Waals surface area contributed by atoms with Crippen LogP contribution in [-0.2, 0) is 11.2 Å². The van der Waals surface area contributed by atoms with Gasteiger partial charge in [0, 0.05) is 12.1 Å². The number of halogens is 1. The molecule has 6 heteroatoms. The number of benzene rings is 2. The third-order valence-electron chi connectivity index (χ3n) is 3.67. The van der Waals surface area contributed by atoms with Gasteiger partial charge < -0.3 is 19.9 Å². The van der Waals surface area contributed by atoms with Gasteiger partial charge in [0.1, 0.15) is 36.6 Å². The van der Waals surface area contributed by atoms with Crippen LogP contribution in [0.2, 0.25) is 0 Å². The number of aryl methyl sites for hydroxylation is 1. The van der Waals surface area contributed by atoms with E-state index in [0.717, 1.165) is 11.3 Å². The van der Waals surface area contributed by atoms with Gasteiger partial charge >= 0.3 is 0 Å². The van der Waals surface area contributed by atoms with Gasteiger partial charge in [0.15, 0.2) is 0 Å². The molecule has 2 N–H and O–H groups in total. The van der Waals surface area contributed by atoms with E-state index in [4.69, 9.17) is 9.47 Å². The van der Waals surface area contributed by atoms with E-state index in [-0.39, 0.29) is 24.9 Å². The Morgan fingerprint density at radius 3 is 2.46 bits per heavy atom. The van der Waals surface area contributed by atoms with Crippen molar-refractivity contribution in [2.45, 2.75) is 18.9 Å². The number of rotatable bonds is 6. The first kappa shape index (κ1) is 16.3. The van der Waals surface area contributed by atoms with E-state index in [1.807, 2.05) is 6.07 Å². The van der Waals surface area contributed by atoms with Gasteiger partial charge in [-0.25, -0.2) is 4.39 Å². The molecule has 1 aliphatic heterocycles. The van der Waals surface area contributed by atoms with Crippen molar-refractivity contribution in [3.05, 3.63) is 53.8 Å². The van der Waals surface area contributed by atoms with Crippen LogP contribution in [0.1, 0.15) is 12.0 Å². The van der Waals surface area contributed by atoms with E-state index in [1.165, 1.54) is 24.3 Å². The molecule has 0 saturated heterocycles. The second-order valence-corrected chi connectivity index (χ2v) is 5.60. The summed E-state index contributed by atoms with van der Waals surface area (Å²) < 4.78 is 23.7. The highest BCUT2D eigenvalue weighted by molar-refractivity contribution is 5.93. The van der Waals surface area contributed by atoms with E-state index in [0.29, 0.717) is 24.3 Å². The summed E-state index contributed by atoms with van der Waals surface area (Å²) in [5.74, 6) is 0.796. The Balaban J connectivity index is 1.48. The van der Waals surface area contributed by atoms with Gasteiger partial charge in [0.25, 0.3) is 0 Å². The van der Waals surface area contributed by atoms with Gasteiger partial charge in [-0.3, -0.25) is 4.79 Å². The van der Waals surface area contributed by atoms with E-state index in [1.54, 1.807) is 12.1 Å². The second kappa shape index (κ2) is 7.31. The van der Waals surface area contributed by atoms with Gasteiger partial charge in [-0.1, -0.05) is 0 Å². The fourth-order valence-electron chi connectivity index (χ4n) is 2.41. The molecule has 0 aromatic heterocycles. The van der Waals surface area contributed by atoms with E-state index in [9.17, 15) is 14.3 Å². The largest absolute Gasteiger partial charge is 0.491 e. The minimum Gasteiger partial charge on any atom is -0.491 e. The monoisotopic (exact) mass is 331 g/mol. The Bertz CT molecular complexity index is 717. The molecule has 126 valence electrons. The lowest BCUT2D eigenvalue weighted by atomic mass is 10.0. The standard InChI is InChI=1S/C18H18FNO4/c19-13-2-4-15(5-3-13)23-10-14(21)11-24-16-6-7-17-12(9-16)1-8-18(22)20-17/h2-7,9,14,21H,1,8,10-11H2,(H,20,22)/t14-/m1/s1. The molecule has 1 amide bonds. The minimum absolute atomic E-state index is 0.0181. The van der Waals surface area contributed by atoms with Crippen molar-refractivity contribution in [2.75, 3.05) is 18.5 Å². The molecule has 1 atom stereocenters. The molecule has 2 aromatic rings. The molecule has 0 unspecified atom stereocenters. The first-order valence-corrected chi connectivity index (χ1v) is 7.72. The molecule has 3 rings (SSSR count). The zero-order chi connectivity index (χ0) is 16.9. The van der Waals surface area contributed by atoms with Gasteiger partial charge in [0.2, 0.25) is 5.91 Å². The maximum atomic E-state index is 12.8. The number of nitrogens with one attached hydrogen (secondary N) is 1. The number of amides is 1. The lowest BCUT2D eigenvalue weighted by Crippen LogP contribution is -2.25. The van der Waals surface area contributed by atoms with Crippen LogP contribution in [0.5, 0.6) is 11.5 Å². The smallest absolute Gasteiger partial charge is 0.224 e. The number of hydrogen-bond acceptors (Lipinski definition) is 4. The van der Waals surface area contributed by atoms with Crippen molar-refractivity contribution in [1.29, 1.82) is 0 Å². The van der Waals surface area contributed by atoms with Crippen molar-refractivity contribution in [2.24, 2.45) is 0 Å². The molecule has 0 saturated carbocycles. The molecule has 24 heavy (non-hydrogen) atoms. The Morgan fingerprint density at radius 1 is 1.04 bits per heavy atom. The van der Waals surface area contributed by atoms with Crippen LogP contribution in [0.15, 0.2) is 42.5 Å². The maximum absolute atomic E-state index is 12.8. The summed E-state index contributed by atoms with van der Waals surface area (Å²) in [6, 6.07) is 11.0. The Kier molecular flexibility index (Phi) is 4.96. The average molecular weight is 331 g/mol. The first-order chi connectivity index (χ1) is 11.6. The van der Waals surface area contributed by atoms with Gasteiger partial charge in [-0.15, -0.1) is 0 Å². The molecule has 0 fully saturated rings. The van der Waals surface area contributed by atoms with Crippen molar-refractivity contribution < 1.29 is 23.8 Å². The summed E-state index contributed by atoms with van der Waals surface area (Å²) >= 11 is 0. The zero-order valence-electron chi connectivity index (χ0n) is 13.0. The highest BCUT2D eigenvalue weighted by atomic mass is 19.1. The highest BCUT2D eigenvalue weighted by Crippen LogP contribution is 2.26. The lowest BCUT2D eigenvalue weighted by Gasteiger charge is -2.18. The number of anilines is 1. The van der Waals surface area contributed by atoms with Crippen molar-refractivity contribution >= 4 is 11.6 Å². The zero-order valence-corrected chi connectivity index (χ0v) is 13.0. The molecular formula is C18H18FNO4. The summed E-state index contributed by atoms with van der Waals surface area (Å²) in [7, 11) is 0. The average Bonchev–Trinajstić information content (AvgIpc) is 2.59. The Labute approximate surface area is 139 Å². The quantitative estimate of drug-likeness (QED) is 0.853. The topological polar surface area (TPSA) is 67.8 Å². The molecule has 1 heterocycles. The predicted octanol–water partition coefficient (Wildman–Crippen LogP) is 2.53. The predicted molar refractivity (Wildman–Crippen MR) is 86.8 cm³/mol. The summed E-state index contributed by atoms with van der Waals surface area (Å²) in [5, 5.41) is 12.7. The van der Waals surface area contributed by atoms with Crippen molar-refractivity contribution in [1.82, 2.24) is 0 Å². The van der Waals surface area contributed by atoms with Crippen LogP contribution in [0.25, 0.3) is 0 Å². The molecule has 0 radical (unpaired) electrons. The number of fused-ring (bicyclic) bond motifs is 1. The van der Waals surface area contributed by atoms with Crippen LogP contribution in [0, 0.1) is 5.82 Å². The Hall–Kier alpha value is -2.60. The minimum atomic E-state index is -0.814. The molecule has 0 aliphatic carbocycles. The number of aliphatic hydroxyl groups excluding tert-OH is 1. The van der Waals surface area contributed by atoms with E-state index in [2.05, 4.69) is 5.32 Å². The van der Waals surface area contributed by atoms with E-state index < -0.39 is 6.10 Å².